The molecule has 1 aromatic rings. The number of carbonyl (C=O) groups excluding carboxylic acids is 1. The summed E-state index contributed by atoms with van der Waals surface area (Å²) in [6.07, 6.45) is 0. The fraction of sp³-hybridized carbons (Fsp3) is 0.385. The van der Waals surface area contributed by atoms with Crippen LogP contribution in [0.1, 0.15) is 34.6 Å². The van der Waals surface area contributed by atoms with Gasteiger partial charge in [0, 0.05) is 18.2 Å². The van der Waals surface area contributed by atoms with Crippen molar-refractivity contribution in [3.05, 3.63) is 35.4 Å². The van der Waals surface area contributed by atoms with E-state index in [1.165, 1.54) is 24.3 Å². The van der Waals surface area contributed by atoms with Crippen molar-refractivity contribution >= 4 is 11.9 Å². The monoisotopic (exact) mass is 251 g/mol. The Morgan fingerprint density at radius 3 is 2.33 bits per heavy atom. The maximum atomic E-state index is 11.8. The smallest absolute Gasteiger partial charge is 0.335 e. The van der Waals surface area contributed by atoms with Gasteiger partial charge in [0.15, 0.2) is 0 Å². The van der Waals surface area contributed by atoms with Gasteiger partial charge < -0.3 is 15.2 Å². The molecule has 5 nitrogen and oxygen atoms in total. The maximum Gasteiger partial charge on any atom is 0.335 e. The Morgan fingerprint density at radius 1 is 1.28 bits per heavy atom. The van der Waals surface area contributed by atoms with Crippen molar-refractivity contribution in [2.45, 2.75) is 19.9 Å². The summed E-state index contributed by atoms with van der Waals surface area (Å²) in [5.41, 5.74) is 0.595. The summed E-state index contributed by atoms with van der Waals surface area (Å²) in [5.74, 6) is -1.24. The summed E-state index contributed by atoms with van der Waals surface area (Å²) >= 11 is 0. The molecule has 0 radical (unpaired) electrons. The predicted molar refractivity (Wildman–Crippen MR) is 66.8 cm³/mol. The Balaban J connectivity index is 2.58. The summed E-state index contributed by atoms with van der Waals surface area (Å²) in [7, 11) is 0. The molecule has 0 heterocycles. The van der Waals surface area contributed by atoms with Crippen LogP contribution >= 0.6 is 0 Å². The van der Waals surface area contributed by atoms with Gasteiger partial charge in [-0.3, -0.25) is 4.79 Å². The first-order valence-corrected chi connectivity index (χ1v) is 5.76. The first kappa shape index (κ1) is 14.2. The molecule has 18 heavy (non-hydrogen) atoms. The van der Waals surface area contributed by atoms with Crippen LogP contribution in [-0.2, 0) is 4.74 Å². The van der Waals surface area contributed by atoms with Gasteiger partial charge in [0.2, 0.25) is 0 Å². The molecule has 0 aliphatic carbocycles. The number of aromatic carboxylic acids is 1. The molecular weight excluding hydrogens is 234 g/mol. The van der Waals surface area contributed by atoms with E-state index in [4.69, 9.17) is 9.84 Å². The van der Waals surface area contributed by atoms with Gasteiger partial charge in [-0.2, -0.15) is 0 Å². The number of carbonyl (C=O) groups is 2. The molecule has 0 bridgehead atoms. The first-order chi connectivity index (χ1) is 8.54. The highest BCUT2D eigenvalue weighted by Crippen LogP contribution is 2.04. The van der Waals surface area contributed by atoms with Crippen LogP contribution < -0.4 is 5.32 Å². The number of carboxylic acids is 1. The minimum Gasteiger partial charge on any atom is -0.478 e. The molecular formula is C13H17NO4. The standard InChI is InChI=1S/C13H17NO4/c1-3-18-8-9(2)14-12(15)10-4-6-11(7-5-10)13(16)17/h4-7,9H,3,8H2,1-2H3,(H,14,15)(H,16,17). The molecule has 0 aliphatic rings. The van der Waals surface area contributed by atoms with Crippen LogP contribution in [0.4, 0.5) is 0 Å². The van der Waals surface area contributed by atoms with Gasteiger partial charge in [0.05, 0.1) is 12.2 Å². The van der Waals surface area contributed by atoms with Crippen LogP contribution in [0.25, 0.3) is 0 Å². The zero-order valence-electron chi connectivity index (χ0n) is 10.5. The molecule has 1 amide bonds. The van der Waals surface area contributed by atoms with E-state index in [-0.39, 0.29) is 17.5 Å². The molecule has 0 aliphatic heterocycles. The van der Waals surface area contributed by atoms with Crippen molar-refractivity contribution < 1.29 is 19.4 Å². The summed E-state index contributed by atoms with van der Waals surface area (Å²) in [6, 6.07) is 5.71. The van der Waals surface area contributed by atoms with E-state index in [1.54, 1.807) is 0 Å². The predicted octanol–water partition coefficient (Wildman–Crippen LogP) is 1.54. The molecule has 0 saturated carbocycles. The molecule has 1 rings (SSSR count). The second kappa shape index (κ2) is 6.76. The third kappa shape index (κ3) is 4.18. The first-order valence-electron chi connectivity index (χ1n) is 5.76. The molecule has 0 saturated heterocycles. The Labute approximate surface area is 106 Å². The van der Waals surface area contributed by atoms with E-state index in [0.717, 1.165) is 0 Å². The van der Waals surface area contributed by atoms with E-state index < -0.39 is 5.97 Å². The van der Waals surface area contributed by atoms with Crippen LogP contribution in [0.5, 0.6) is 0 Å². The number of benzene rings is 1. The summed E-state index contributed by atoms with van der Waals surface area (Å²) in [5, 5.41) is 11.5. The topological polar surface area (TPSA) is 75.6 Å². The lowest BCUT2D eigenvalue weighted by atomic mass is 10.1. The molecule has 1 atom stereocenters. The maximum absolute atomic E-state index is 11.8. The van der Waals surface area contributed by atoms with E-state index in [2.05, 4.69) is 5.32 Å². The molecule has 5 heteroatoms. The number of rotatable bonds is 6. The Bertz CT molecular complexity index is 414. The zero-order chi connectivity index (χ0) is 13.5. The van der Waals surface area contributed by atoms with Gasteiger partial charge >= 0.3 is 5.97 Å². The fourth-order valence-corrected chi connectivity index (χ4v) is 1.41. The van der Waals surface area contributed by atoms with E-state index in [0.29, 0.717) is 18.8 Å². The average Bonchev–Trinajstić information content (AvgIpc) is 2.36. The third-order valence-corrected chi connectivity index (χ3v) is 2.34. The lowest BCUT2D eigenvalue weighted by molar-refractivity contribution is 0.0696. The molecule has 98 valence electrons. The third-order valence-electron chi connectivity index (χ3n) is 2.34. The highest BCUT2D eigenvalue weighted by atomic mass is 16.5. The molecule has 1 unspecified atom stereocenters. The normalized spacial score (nSPS) is 11.9. The lowest BCUT2D eigenvalue weighted by Crippen LogP contribution is -2.35. The fourth-order valence-electron chi connectivity index (χ4n) is 1.41. The number of nitrogens with one attached hydrogen (secondary N) is 1. The number of hydrogen-bond donors (Lipinski definition) is 2. The summed E-state index contributed by atoms with van der Waals surface area (Å²) < 4.78 is 5.19. The van der Waals surface area contributed by atoms with Crippen LogP contribution in [-0.4, -0.2) is 36.2 Å². The van der Waals surface area contributed by atoms with Gasteiger partial charge in [-0.25, -0.2) is 4.79 Å². The van der Waals surface area contributed by atoms with Crippen molar-refractivity contribution in [1.82, 2.24) is 5.32 Å². The van der Waals surface area contributed by atoms with E-state index in [1.807, 2.05) is 13.8 Å². The Morgan fingerprint density at radius 2 is 1.83 bits per heavy atom. The Hall–Kier alpha value is -1.88. The van der Waals surface area contributed by atoms with Gasteiger partial charge in [-0.1, -0.05) is 0 Å². The number of amides is 1. The van der Waals surface area contributed by atoms with Crippen molar-refractivity contribution in [1.29, 1.82) is 0 Å². The number of hydrogen-bond acceptors (Lipinski definition) is 3. The molecule has 0 aromatic heterocycles. The number of carboxylic acid groups (broad SMARTS) is 1. The zero-order valence-corrected chi connectivity index (χ0v) is 10.5. The van der Waals surface area contributed by atoms with Crippen LogP contribution in [0.15, 0.2) is 24.3 Å². The quantitative estimate of drug-likeness (QED) is 0.804. The Kier molecular flexibility index (Phi) is 5.32. The van der Waals surface area contributed by atoms with E-state index >= 15 is 0 Å². The van der Waals surface area contributed by atoms with Gasteiger partial charge in [0.25, 0.3) is 5.91 Å². The van der Waals surface area contributed by atoms with Crippen molar-refractivity contribution in [3.8, 4) is 0 Å². The molecule has 2 N–H and O–H groups in total. The van der Waals surface area contributed by atoms with Gasteiger partial charge in [0.1, 0.15) is 0 Å². The molecule has 1 aromatic carbocycles. The molecule has 0 spiro atoms. The highest BCUT2D eigenvalue weighted by molar-refractivity contribution is 5.96. The van der Waals surface area contributed by atoms with Crippen molar-refractivity contribution in [2.75, 3.05) is 13.2 Å². The van der Waals surface area contributed by atoms with Gasteiger partial charge in [-0.05, 0) is 38.1 Å². The van der Waals surface area contributed by atoms with Crippen LogP contribution in [0, 0.1) is 0 Å². The molecule has 0 fully saturated rings. The summed E-state index contributed by atoms with van der Waals surface area (Å²) in [6.45, 7) is 4.79. The minimum absolute atomic E-state index is 0.0865. The largest absolute Gasteiger partial charge is 0.478 e. The SMILES string of the molecule is CCOCC(C)NC(=O)c1ccc(C(=O)O)cc1. The number of ether oxygens (including phenoxy) is 1. The van der Waals surface area contributed by atoms with Crippen LogP contribution in [0.3, 0.4) is 0 Å². The van der Waals surface area contributed by atoms with Gasteiger partial charge in [-0.15, -0.1) is 0 Å². The lowest BCUT2D eigenvalue weighted by Gasteiger charge is -2.13. The van der Waals surface area contributed by atoms with Crippen molar-refractivity contribution in [3.63, 3.8) is 0 Å². The summed E-state index contributed by atoms with van der Waals surface area (Å²) in [4.78, 5) is 22.4. The second-order valence-electron chi connectivity index (χ2n) is 3.92. The second-order valence-corrected chi connectivity index (χ2v) is 3.92. The highest BCUT2D eigenvalue weighted by Gasteiger charge is 2.10. The average molecular weight is 251 g/mol. The van der Waals surface area contributed by atoms with Crippen molar-refractivity contribution in [2.24, 2.45) is 0 Å². The van der Waals surface area contributed by atoms with Crippen LogP contribution in [0.2, 0.25) is 0 Å². The minimum atomic E-state index is -1.01. The van der Waals surface area contributed by atoms with E-state index in [9.17, 15) is 9.59 Å².